The Labute approximate surface area is 121 Å². The van der Waals surface area contributed by atoms with Crippen LogP contribution in [0.25, 0.3) is 0 Å². The molecule has 1 aliphatic rings. The van der Waals surface area contributed by atoms with Gasteiger partial charge in [0.2, 0.25) is 0 Å². The molecular weight excluding hydrogens is 244 g/mol. The molecule has 2 aromatic rings. The van der Waals surface area contributed by atoms with Crippen LogP contribution < -0.4 is 5.32 Å². The zero-order valence-electron chi connectivity index (χ0n) is 12.2. The van der Waals surface area contributed by atoms with Gasteiger partial charge in [0.1, 0.15) is 0 Å². The Kier molecular flexibility index (Phi) is 3.86. The van der Waals surface area contributed by atoms with Gasteiger partial charge in [0, 0.05) is 25.2 Å². The van der Waals surface area contributed by atoms with Crippen LogP contribution in [0.4, 0.5) is 0 Å². The third-order valence-electron chi connectivity index (χ3n) is 4.39. The van der Waals surface area contributed by atoms with Crippen LogP contribution in [0.15, 0.2) is 54.6 Å². The van der Waals surface area contributed by atoms with E-state index in [-0.39, 0.29) is 0 Å². The van der Waals surface area contributed by atoms with E-state index in [1.54, 1.807) is 0 Å². The van der Waals surface area contributed by atoms with Gasteiger partial charge in [-0.15, -0.1) is 0 Å². The van der Waals surface area contributed by atoms with Crippen LogP contribution in [0, 0.1) is 0 Å². The minimum Gasteiger partial charge on any atom is -0.312 e. The lowest BCUT2D eigenvalue weighted by Gasteiger charge is -2.31. The number of nitrogens with one attached hydrogen (secondary N) is 1. The lowest BCUT2D eigenvalue weighted by atomic mass is 9.99. The minimum absolute atomic E-state index is 0.366. The number of nitrogens with zero attached hydrogens (tertiary/aromatic N) is 1. The Morgan fingerprint density at radius 2 is 1.45 bits per heavy atom. The van der Waals surface area contributed by atoms with Gasteiger partial charge in [-0.2, -0.15) is 0 Å². The summed E-state index contributed by atoms with van der Waals surface area (Å²) in [5.41, 5.74) is 4.31. The summed E-state index contributed by atoms with van der Waals surface area (Å²) >= 11 is 0. The zero-order valence-corrected chi connectivity index (χ0v) is 12.2. The number of benzene rings is 2. The highest BCUT2D eigenvalue weighted by Gasteiger charge is 2.28. The van der Waals surface area contributed by atoms with E-state index in [9.17, 15) is 0 Å². The molecule has 1 aliphatic heterocycles. The average Bonchev–Trinajstić information content (AvgIpc) is 2.93. The van der Waals surface area contributed by atoms with Crippen LogP contribution in [0.2, 0.25) is 0 Å². The Balaban J connectivity index is 1.78. The molecule has 0 spiro atoms. The average molecular weight is 266 g/mol. The first kappa shape index (κ1) is 13.3. The maximum atomic E-state index is 3.48. The van der Waals surface area contributed by atoms with Gasteiger partial charge in [-0.25, -0.2) is 0 Å². The van der Waals surface area contributed by atoms with Crippen molar-refractivity contribution in [3.8, 4) is 0 Å². The van der Waals surface area contributed by atoms with Gasteiger partial charge in [-0.1, -0.05) is 54.6 Å². The summed E-state index contributed by atoms with van der Waals surface area (Å²) in [4.78, 5) is 2.55. The Morgan fingerprint density at radius 1 is 0.900 bits per heavy atom. The molecule has 20 heavy (non-hydrogen) atoms. The molecule has 2 atom stereocenters. The van der Waals surface area contributed by atoms with Crippen molar-refractivity contribution in [1.29, 1.82) is 0 Å². The number of likely N-dealkylation sites (N-methyl/N-ethyl adjacent to an activating group) is 1. The molecule has 0 aromatic heterocycles. The lowest BCUT2D eigenvalue weighted by Crippen LogP contribution is -2.39. The van der Waals surface area contributed by atoms with Gasteiger partial charge in [0.05, 0.1) is 0 Å². The van der Waals surface area contributed by atoms with Gasteiger partial charge < -0.3 is 5.32 Å². The summed E-state index contributed by atoms with van der Waals surface area (Å²) in [6.45, 7) is 4.44. The summed E-state index contributed by atoms with van der Waals surface area (Å²) in [6, 6.07) is 20.3. The van der Waals surface area contributed by atoms with Gasteiger partial charge >= 0.3 is 0 Å². The van der Waals surface area contributed by atoms with E-state index in [1.165, 1.54) is 16.7 Å². The molecule has 0 aliphatic carbocycles. The van der Waals surface area contributed by atoms with Crippen LogP contribution in [0.5, 0.6) is 0 Å². The van der Waals surface area contributed by atoms with Crippen LogP contribution in [-0.4, -0.2) is 18.0 Å². The number of rotatable bonds is 4. The molecule has 3 rings (SSSR count). The first-order valence-corrected chi connectivity index (χ1v) is 7.32. The van der Waals surface area contributed by atoms with E-state index in [0.29, 0.717) is 12.1 Å². The summed E-state index contributed by atoms with van der Waals surface area (Å²) in [6.07, 6.45) is 0. The summed E-state index contributed by atoms with van der Waals surface area (Å²) < 4.78 is 0. The fourth-order valence-electron chi connectivity index (χ4n) is 3.21. The van der Waals surface area contributed by atoms with Gasteiger partial charge in [0.15, 0.2) is 0 Å². The molecule has 0 bridgehead atoms. The maximum absolute atomic E-state index is 3.48. The second-order valence-corrected chi connectivity index (χ2v) is 5.59. The molecule has 1 heterocycles. The van der Waals surface area contributed by atoms with E-state index >= 15 is 0 Å². The third-order valence-corrected chi connectivity index (χ3v) is 4.39. The largest absolute Gasteiger partial charge is 0.312 e. The highest BCUT2D eigenvalue weighted by atomic mass is 15.2. The standard InChI is InChI=1S/C18H22N2/c1-14(18(19-2)15-8-4-3-5-9-15)20-12-16-10-6-7-11-17(16)13-20/h3-11,14,18-19H,12-13H2,1-2H3. The Hall–Kier alpha value is -1.64. The first-order chi connectivity index (χ1) is 9.79. The second kappa shape index (κ2) is 5.78. The van der Waals surface area contributed by atoms with Crippen LogP contribution in [-0.2, 0) is 13.1 Å². The molecule has 1 N–H and O–H groups in total. The van der Waals surface area contributed by atoms with Crippen molar-refractivity contribution in [2.24, 2.45) is 0 Å². The molecule has 0 radical (unpaired) electrons. The SMILES string of the molecule is CNC(c1ccccc1)C(C)N1Cc2ccccc2C1. The Bertz CT molecular complexity index is 540. The van der Waals surface area contributed by atoms with E-state index in [2.05, 4.69) is 78.8 Å². The van der Waals surface area contributed by atoms with E-state index in [4.69, 9.17) is 0 Å². The third kappa shape index (κ3) is 2.49. The molecule has 0 saturated heterocycles. The quantitative estimate of drug-likeness (QED) is 0.913. The zero-order chi connectivity index (χ0) is 13.9. The second-order valence-electron chi connectivity index (χ2n) is 5.59. The van der Waals surface area contributed by atoms with Crippen molar-refractivity contribution < 1.29 is 0 Å². The van der Waals surface area contributed by atoms with E-state index in [1.807, 2.05) is 0 Å². The predicted octanol–water partition coefficient (Wildman–Crippen LogP) is 3.35. The smallest absolute Gasteiger partial charge is 0.0473 e. The van der Waals surface area contributed by atoms with E-state index < -0.39 is 0 Å². The normalized spacial score (nSPS) is 17.7. The van der Waals surface area contributed by atoms with Crippen molar-refractivity contribution in [1.82, 2.24) is 10.2 Å². The molecule has 0 amide bonds. The summed E-state index contributed by atoms with van der Waals surface area (Å²) in [7, 11) is 2.05. The molecule has 2 unspecified atom stereocenters. The summed E-state index contributed by atoms with van der Waals surface area (Å²) in [5, 5.41) is 3.48. The van der Waals surface area contributed by atoms with Crippen LogP contribution in [0.3, 0.4) is 0 Å². The van der Waals surface area contributed by atoms with Crippen molar-refractivity contribution in [2.45, 2.75) is 32.1 Å². The highest BCUT2D eigenvalue weighted by molar-refractivity contribution is 5.31. The molecule has 2 heteroatoms. The van der Waals surface area contributed by atoms with Crippen molar-refractivity contribution >= 4 is 0 Å². The van der Waals surface area contributed by atoms with Crippen LogP contribution in [0.1, 0.15) is 29.7 Å². The number of hydrogen-bond acceptors (Lipinski definition) is 2. The fourth-order valence-corrected chi connectivity index (χ4v) is 3.21. The highest BCUT2D eigenvalue weighted by Crippen LogP contribution is 2.29. The first-order valence-electron chi connectivity index (χ1n) is 7.32. The van der Waals surface area contributed by atoms with Gasteiger partial charge in [-0.05, 0) is 30.7 Å². The van der Waals surface area contributed by atoms with E-state index in [0.717, 1.165) is 13.1 Å². The van der Waals surface area contributed by atoms with Gasteiger partial charge in [-0.3, -0.25) is 4.90 Å². The molecule has 0 saturated carbocycles. The lowest BCUT2D eigenvalue weighted by molar-refractivity contribution is 0.174. The molecular formula is C18H22N2. The van der Waals surface area contributed by atoms with Crippen LogP contribution >= 0.6 is 0 Å². The molecule has 2 nitrogen and oxygen atoms in total. The Morgan fingerprint density at radius 3 is 2.00 bits per heavy atom. The minimum atomic E-state index is 0.366. The topological polar surface area (TPSA) is 15.3 Å². The maximum Gasteiger partial charge on any atom is 0.0473 e. The monoisotopic (exact) mass is 266 g/mol. The van der Waals surface area contributed by atoms with Crippen molar-refractivity contribution in [2.75, 3.05) is 7.05 Å². The van der Waals surface area contributed by atoms with Crippen molar-refractivity contribution in [3.63, 3.8) is 0 Å². The number of fused-ring (bicyclic) bond motifs is 1. The molecule has 2 aromatic carbocycles. The fraction of sp³-hybridized carbons (Fsp3) is 0.333. The summed E-state index contributed by atoms with van der Waals surface area (Å²) in [5.74, 6) is 0. The number of hydrogen-bond donors (Lipinski definition) is 1. The van der Waals surface area contributed by atoms with Gasteiger partial charge in [0.25, 0.3) is 0 Å². The predicted molar refractivity (Wildman–Crippen MR) is 83.4 cm³/mol. The molecule has 0 fully saturated rings. The molecule has 104 valence electrons. The van der Waals surface area contributed by atoms with Crippen molar-refractivity contribution in [3.05, 3.63) is 71.3 Å².